The molecule has 4 heterocycles. The summed E-state index contributed by atoms with van der Waals surface area (Å²) < 4.78 is 4.85. The molecule has 0 fully saturated rings. The first-order chi connectivity index (χ1) is 24.8. The molecular weight excluding hydrogens is 611 g/mol. The van der Waals surface area contributed by atoms with Gasteiger partial charge in [0.2, 0.25) is 6.29 Å². The van der Waals surface area contributed by atoms with E-state index in [1.165, 1.54) is 54.8 Å². The second-order valence-corrected chi connectivity index (χ2v) is 13.0. The summed E-state index contributed by atoms with van der Waals surface area (Å²) in [4.78, 5) is 10.8. The van der Waals surface area contributed by atoms with E-state index in [-0.39, 0.29) is 0 Å². The van der Waals surface area contributed by atoms with Crippen LogP contribution in [0.15, 0.2) is 174 Å². The Labute approximate surface area is 288 Å². The second kappa shape index (κ2) is 10.4. The molecule has 1 N–H and O–H groups in total. The first kappa shape index (κ1) is 27.3. The molecule has 0 bridgehead atoms. The molecule has 0 saturated heterocycles. The average molecular weight is 640 g/mol. The summed E-state index contributed by atoms with van der Waals surface area (Å²) >= 11 is 0. The molecule has 2 aromatic heterocycles. The molecular formula is C45H29N5. The molecule has 0 aliphatic carbocycles. The summed E-state index contributed by atoms with van der Waals surface area (Å²) in [5.74, 6) is 1.59. The van der Waals surface area contributed by atoms with Crippen LogP contribution in [0, 0.1) is 0 Å². The van der Waals surface area contributed by atoms with Crippen molar-refractivity contribution < 1.29 is 0 Å². The van der Waals surface area contributed by atoms with Gasteiger partial charge < -0.3 is 9.88 Å². The highest BCUT2D eigenvalue weighted by molar-refractivity contribution is 6.21. The number of nitrogens with zero attached hydrogens (tertiary/aromatic N) is 4. The predicted molar refractivity (Wildman–Crippen MR) is 206 cm³/mol. The summed E-state index contributed by atoms with van der Waals surface area (Å²) in [5, 5.41) is 8.46. The van der Waals surface area contributed by atoms with Gasteiger partial charge in [-0.3, -0.25) is 4.57 Å². The predicted octanol–water partition coefficient (Wildman–Crippen LogP) is 10.5. The highest BCUT2D eigenvalue weighted by Crippen LogP contribution is 2.50. The van der Waals surface area contributed by atoms with Crippen molar-refractivity contribution in [2.24, 2.45) is 9.98 Å². The van der Waals surface area contributed by atoms with Crippen molar-refractivity contribution in [2.75, 3.05) is 0 Å². The Morgan fingerprint density at radius 3 is 1.68 bits per heavy atom. The Morgan fingerprint density at radius 2 is 0.960 bits per heavy atom. The Hall–Kier alpha value is -6.72. The third-order valence-electron chi connectivity index (χ3n) is 10.3. The zero-order chi connectivity index (χ0) is 32.8. The van der Waals surface area contributed by atoms with Crippen molar-refractivity contribution in [3.63, 3.8) is 0 Å². The molecule has 0 radical (unpaired) electrons. The van der Waals surface area contributed by atoms with Gasteiger partial charge in [-0.2, -0.15) is 0 Å². The van der Waals surface area contributed by atoms with Gasteiger partial charge in [0.1, 0.15) is 11.7 Å². The van der Waals surface area contributed by atoms with Gasteiger partial charge in [0, 0.05) is 43.8 Å². The van der Waals surface area contributed by atoms with Crippen LogP contribution in [-0.4, -0.2) is 20.8 Å². The molecule has 7 aromatic carbocycles. The Kier molecular flexibility index (Phi) is 5.66. The number of para-hydroxylation sites is 3. The number of aromatic nitrogens is 2. The number of hydrogen-bond acceptors (Lipinski definition) is 3. The van der Waals surface area contributed by atoms with Crippen molar-refractivity contribution in [1.29, 1.82) is 0 Å². The first-order valence-corrected chi connectivity index (χ1v) is 17.0. The number of hydrogen-bond donors (Lipinski definition) is 1. The molecule has 0 spiro atoms. The van der Waals surface area contributed by atoms with Gasteiger partial charge in [0.25, 0.3) is 0 Å². The summed E-state index contributed by atoms with van der Waals surface area (Å²) in [6.45, 7) is 0. The summed E-state index contributed by atoms with van der Waals surface area (Å²) in [6, 6.07) is 58.4. The maximum Gasteiger partial charge on any atom is 0.225 e. The topological polar surface area (TPSA) is 46.6 Å². The third-order valence-corrected chi connectivity index (χ3v) is 10.3. The van der Waals surface area contributed by atoms with E-state index in [0.717, 1.165) is 39.5 Å². The molecule has 11 rings (SSSR count). The summed E-state index contributed by atoms with van der Waals surface area (Å²) in [6.07, 6.45) is -0.560. The first-order valence-electron chi connectivity index (χ1n) is 17.0. The maximum absolute atomic E-state index is 5.39. The average Bonchev–Trinajstić information content (AvgIpc) is 3.67. The Bertz CT molecular complexity index is 2840. The highest BCUT2D eigenvalue weighted by Gasteiger charge is 2.30. The molecule has 0 unspecified atom stereocenters. The fourth-order valence-electron chi connectivity index (χ4n) is 8.23. The van der Waals surface area contributed by atoms with E-state index in [1.54, 1.807) is 0 Å². The number of fused-ring (bicyclic) bond motifs is 12. The van der Waals surface area contributed by atoms with Crippen molar-refractivity contribution in [3.8, 4) is 27.9 Å². The Morgan fingerprint density at radius 1 is 0.420 bits per heavy atom. The summed E-state index contributed by atoms with van der Waals surface area (Å²) in [7, 11) is 0. The van der Waals surface area contributed by atoms with Crippen molar-refractivity contribution in [1.82, 2.24) is 14.5 Å². The smallest absolute Gasteiger partial charge is 0.225 e. The number of benzene rings is 7. The fraction of sp³-hybridized carbons (Fsp3) is 0.0222. The Balaban J connectivity index is 1.30. The molecule has 0 atom stereocenters. The van der Waals surface area contributed by atoms with E-state index in [1.807, 2.05) is 12.1 Å². The number of amidine groups is 2. The second-order valence-electron chi connectivity index (χ2n) is 13.0. The van der Waals surface area contributed by atoms with Gasteiger partial charge in [-0.25, -0.2) is 9.98 Å². The monoisotopic (exact) mass is 639 g/mol. The number of rotatable bonds is 3. The highest BCUT2D eigenvalue weighted by atomic mass is 15.3. The van der Waals surface area contributed by atoms with E-state index < -0.39 is 6.29 Å². The molecule has 0 saturated carbocycles. The van der Waals surface area contributed by atoms with Gasteiger partial charge in [-0.15, -0.1) is 0 Å². The quantitative estimate of drug-likeness (QED) is 0.205. The van der Waals surface area contributed by atoms with Gasteiger partial charge in [0.05, 0.1) is 27.8 Å². The zero-order valence-electron chi connectivity index (χ0n) is 27.0. The van der Waals surface area contributed by atoms with E-state index in [2.05, 4.69) is 166 Å². The van der Waals surface area contributed by atoms with Crippen molar-refractivity contribution in [3.05, 3.63) is 175 Å². The van der Waals surface area contributed by atoms with Crippen LogP contribution in [0.3, 0.4) is 0 Å². The lowest BCUT2D eigenvalue weighted by Crippen LogP contribution is -2.36. The van der Waals surface area contributed by atoms with E-state index in [4.69, 9.17) is 9.98 Å². The molecule has 5 heteroatoms. The lowest BCUT2D eigenvalue weighted by atomic mass is 9.92. The van der Waals surface area contributed by atoms with Gasteiger partial charge in [-0.1, -0.05) is 146 Å². The van der Waals surface area contributed by atoms with Crippen LogP contribution in [-0.2, 0) is 0 Å². The van der Waals surface area contributed by atoms with Crippen LogP contribution in [0.2, 0.25) is 0 Å². The van der Waals surface area contributed by atoms with Gasteiger partial charge in [0.15, 0.2) is 0 Å². The third kappa shape index (κ3) is 3.77. The normalized spacial score (nSPS) is 13.9. The number of nitrogens with one attached hydrogen (secondary N) is 1. The molecule has 50 heavy (non-hydrogen) atoms. The number of aliphatic imine (C=N–C) groups is 2. The zero-order valence-corrected chi connectivity index (χ0v) is 27.0. The SMILES string of the molecule is c1ccc(C2=NC(n3c4ccccc4c4ccc5c(c43)-c3ccccc3-c3cccc4c6ccccc6n-5c34)N=C(c3ccccc3)N2)cc1. The molecule has 2 aliphatic rings. The summed E-state index contributed by atoms with van der Waals surface area (Å²) in [5.41, 5.74) is 12.7. The van der Waals surface area contributed by atoms with Crippen LogP contribution >= 0.6 is 0 Å². The van der Waals surface area contributed by atoms with Crippen LogP contribution < -0.4 is 5.32 Å². The molecule has 2 aliphatic heterocycles. The molecule has 0 amide bonds. The minimum absolute atomic E-state index is 0.560. The van der Waals surface area contributed by atoms with Crippen LogP contribution in [0.4, 0.5) is 0 Å². The van der Waals surface area contributed by atoms with Crippen LogP contribution in [0.5, 0.6) is 0 Å². The largest absolute Gasteiger partial charge is 0.324 e. The van der Waals surface area contributed by atoms with Gasteiger partial charge in [-0.05, 0) is 29.3 Å². The molecule has 9 aromatic rings. The molecule has 234 valence electrons. The maximum atomic E-state index is 5.39. The minimum atomic E-state index is -0.560. The van der Waals surface area contributed by atoms with Crippen LogP contribution in [0.25, 0.3) is 71.6 Å². The van der Waals surface area contributed by atoms with E-state index in [9.17, 15) is 0 Å². The van der Waals surface area contributed by atoms with Crippen molar-refractivity contribution in [2.45, 2.75) is 6.29 Å². The van der Waals surface area contributed by atoms with Gasteiger partial charge >= 0.3 is 0 Å². The molecule has 5 nitrogen and oxygen atoms in total. The van der Waals surface area contributed by atoms with Crippen molar-refractivity contribution >= 4 is 55.3 Å². The van der Waals surface area contributed by atoms with Crippen LogP contribution in [0.1, 0.15) is 17.4 Å². The van der Waals surface area contributed by atoms with E-state index >= 15 is 0 Å². The van der Waals surface area contributed by atoms with E-state index in [0.29, 0.717) is 0 Å². The standard InChI is InChI=1S/C45H29N5/c1-3-14-28(15-4-1)43-46-44(29-16-5-2-6-17-29)48-45(47-43)50-38-25-12-10-20-32(38)36-26-27-39-40(42(36)50)33-21-8-7-18-30(33)34-22-13-23-35-31-19-9-11-24-37(31)49(39)41(34)35/h1-27,45H,(H,46,47,48). The fourth-order valence-corrected chi connectivity index (χ4v) is 8.23. The minimum Gasteiger partial charge on any atom is -0.324 e. The lowest BCUT2D eigenvalue weighted by Gasteiger charge is -2.25. The lowest BCUT2D eigenvalue weighted by molar-refractivity contribution is 0.575.